The minimum atomic E-state index is -1.40. The monoisotopic (exact) mass is 1150 g/mol. The van der Waals surface area contributed by atoms with Crippen molar-refractivity contribution in [1.82, 2.24) is 0 Å². The van der Waals surface area contributed by atoms with E-state index in [1.807, 2.05) is 146 Å². The highest BCUT2D eigenvalue weighted by atomic mass is 19.2. The highest BCUT2D eigenvalue weighted by Crippen LogP contribution is 2.61. The predicted octanol–water partition coefficient (Wildman–Crippen LogP) is 21.6. The molecule has 88 heavy (non-hydrogen) atoms. The van der Waals surface area contributed by atoms with Crippen LogP contribution in [0.1, 0.15) is 80.6 Å². The van der Waals surface area contributed by atoms with Gasteiger partial charge in [0.2, 0.25) is 0 Å². The van der Waals surface area contributed by atoms with Crippen LogP contribution >= 0.6 is 0 Å². The molecule has 0 spiro atoms. The Morgan fingerprint density at radius 1 is 0.318 bits per heavy atom. The van der Waals surface area contributed by atoms with Gasteiger partial charge in [-0.2, -0.15) is 0 Å². The molecular weight excluding hydrogens is 1090 g/mol. The van der Waals surface area contributed by atoms with Crippen molar-refractivity contribution in [3.05, 3.63) is 364 Å². The van der Waals surface area contributed by atoms with E-state index in [2.05, 4.69) is 111 Å². The van der Waals surface area contributed by atoms with Crippen LogP contribution < -0.4 is 14.4 Å². The fourth-order valence-electron chi connectivity index (χ4n) is 14.4. The Hall–Kier alpha value is -10.8. The second-order valence-corrected chi connectivity index (χ2v) is 23.3. The Morgan fingerprint density at radius 2 is 0.636 bits per heavy atom. The number of fused-ring (bicyclic) bond motifs is 9. The zero-order valence-electron chi connectivity index (χ0n) is 48.2. The van der Waals surface area contributed by atoms with Gasteiger partial charge < -0.3 is 14.4 Å². The first-order valence-corrected chi connectivity index (χ1v) is 29.4. The summed E-state index contributed by atoms with van der Waals surface area (Å²) in [5.41, 5.74) is 13.7. The van der Waals surface area contributed by atoms with Crippen molar-refractivity contribution in [2.75, 3.05) is 4.90 Å². The Morgan fingerprint density at radius 3 is 1.03 bits per heavy atom. The Balaban J connectivity index is 0.967. The van der Waals surface area contributed by atoms with E-state index in [1.165, 1.54) is 11.1 Å². The number of hydrogen-bond donors (Lipinski definition) is 0. The summed E-state index contributed by atoms with van der Waals surface area (Å²) in [4.78, 5) is 2.20. The summed E-state index contributed by atoms with van der Waals surface area (Å²) in [5.74, 6) is -1.48. The fourth-order valence-corrected chi connectivity index (χ4v) is 14.4. The Kier molecular flexibility index (Phi) is 12.7. The second kappa shape index (κ2) is 20.7. The molecule has 2 unspecified atom stereocenters. The minimum absolute atomic E-state index is 0.146. The first-order chi connectivity index (χ1) is 42.9. The van der Waals surface area contributed by atoms with Crippen molar-refractivity contribution in [3.8, 4) is 56.4 Å². The molecule has 0 radical (unpaired) electrons. The predicted molar refractivity (Wildman–Crippen MR) is 346 cm³/mol. The first kappa shape index (κ1) is 53.9. The summed E-state index contributed by atoms with van der Waals surface area (Å²) in [5, 5.41) is 0. The molecular formula is C81H55F4NO2. The van der Waals surface area contributed by atoms with Crippen LogP contribution in [0.5, 0.6) is 23.0 Å². The normalized spacial score (nSPS) is 16.1. The second-order valence-electron chi connectivity index (χ2n) is 23.3. The lowest BCUT2D eigenvalue weighted by atomic mass is 9.67. The molecule has 0 aliphatic heterocycles. The molecule has 12 aromatic carbocycles. The summed E-state index contributed by atoms with van der Waals surface area (Å²) in [6, 6.07) is 82.9. The molecule has 0 saturated heterocycles. The molecule has 0 aromatic heterocycles. The smallest absolute Gasteiger partial charge is 0.163 e. The largest absolute Gasteiger partial charge is 0.457 e. The van der Waals surface area contributed by atoms with Crippen LogP contribution in [0.2, 0.25) is 0 Å². The van der Waals surface area contributed by atoms with Gasteiger partial charge in [-0.3, -0.25) is 0 Å². The molecule has 0 saturated carbocycles. The van der Waals surface area contributed by atoms with Gasteiger partial charge in [0.25, 0.3) is 0 Å². The van der Waals surface area contributed by atoms with Crippen molar-refractivity contribution >= 4 is 29.2 Å². The standard InChI is InChI=1S/C81H55F4NO2/c1-5-50-25-36-57(37-26-50)87-59-40-29-52(30-41-59)80(70-21-13-23-75(82)77(70)84)68-19-11-8-16-62(68)65-45-34-55(48-73(65)80)86(54-33-44-64-61-15-7-10-18-67(61)79(3,4)72(64)47-54)56-35-46-66-63-17-9-12-20-69(63)81(74(66)49-56,71-22-14-24-76(83)78(71)85)53-31-42-60(43-32-53)88-58-38-27-51(6-2)28-39-58/h5-49H,1-2H2,3-4H3. The number of benzene rings is 12. The summed E-state index contributed by atoms with van der Waals surface area (Å²) in [6.45, 7) is 12.3. The molecule has 2 atom stereocenters. The summed E-state index contributed by atoms with van der Waals surface area (Å²) >= 11 is 0. The van der Waals surface area contributed by atoms with Gasteiger partial charge in [0, 0.05) is 33.6 Å². The molecule has 15 rings (SSSR count). The van der Waals surface area contributed by atoms with Crippen molar-refractivity contribution in [2.45, 2.75) is 30.1 Å². The van der Waals surface area contributed by atoms with Crippen LogP contribution in [0.3, 0.4) is 0 Å². The molecule has 3 aliphatic rings. The molecule has 3 nitrogen and oxygen atoms in total. The van der Waals surface area contributed by atoms with Gasteiger partial charge in [-0.25, -0.2) is 17.6 Å². The molecule has 0 bridgehead atoms. The third kappa shape index (κ3) is 8.17. The van der Waals surface area contributed by atoms with E-state index in [4.69, 9.17) is 9.47 Å². The lowest BCUT2D eigenvalue weighted by Crippen LogP contribution is -2.31. The zero-order chi connectivity index (χ0) is 60.1. The quantitative estimate of drug-likeness (QED) is 0.107. The topological polar surface area (TPSA) is 21.7 Å². The maximum atomic E-state index is 17.4. The number of nitrogens with zero attached hydrogens (tertiary/aromatic N) is 1. The lowest BCUT2D eigenvalue weighted by Gasteiger charge is -2.36. The third-order valence-corrected chi connectivity index (χ3v) is 18.4. The Labute approximate surface area is 509 Å². The van der Waals surface area contributed by atoms with Crippen molar-refractivity contribution in [1.29, 1.82) is 0 Å². The molecule has 12 aromatic rings. The maximum Gasteiger partial charge on any atom is 0.163 e. The first-order valence-electron chi connectivity index (χ1n) is 29.4. The van der Waals surface area contributed by atoms with Gasteiger partial charge in [-0.05, 0) is 186 Å². The van der Waals surface area contributed by atoms with Gasteiger partial charge in [0.05, 0.1) is 10.8 Å². The van der Waals surface area contributed by atoms with E-state index in [9.17, 15) is 0 Å². The van der Waals surface area contributed by atoms with E-state index >= 15 is 17.6 Å². The van der Waals surface area contributed by atoms with Crippen LogP contribution in [-0.2, 0) is 16.2 Å². The number of anilines is 3. The third-order valence-electron chi connectivity index (χ3n) is 18.4. The molecule has 0 fully saturated rings. The summed E-state index contributed by atoms with van der Waals surface area (Å²) in [7, 11) is 0. The van der Waals surface area contributed by atoms with Crippen LogP contribution in [0.25, 0.3) is 45.5 Å². The highest BCUT2D eigenvalue weighted by molar-refractivity contribution is 5.93. The number of rotatable bonds is 13. The average Bonchev–Trinajstić information content (AvgIpc) is 1.53. The van der Waals surface area contributed by atoms with E-state index in [1.54, 1.807) is 36.4 Å². The van der Waals surface area contributed by atoms with Crippen LogP contribution in [0.4, 0.5) is 34.6 Å². The Bertz CT molecular complexity index is 4550. The van der Waals surface area contributed by atoms with Crippen molar-refractivity contribution < 1.29 is 27.0 Å². The van der Waals surface area contributed by atoms with Gasteiger partial charge >= 0.3 is 0 Å². The van der Waals surface area contributed by atoms with Gasteiger partial charge in [0.15, 0.2) is 23.3 Å². The van der Waals surface area contributed by atoms with Crippen LogP contribution in [0, 0.1) is 23.3 Å². The molecule has 3 aliphatic carbocycles. The SMILES string of the molecule is C=Cc1ccc(Oc2ccc(C3(c4cccc(F)c4F)c4ccccc4-c4ccc(N(c5ccc6c(c5)C(C)(C)c5ccccc5-6)c5ccc6c(c5)C(c5ccc(Oc7ccc(C=C)cc7)cc5)(c5cccc(F)c5F)c5ccccc5-6)cc43)cc2)cc1. The number of hydrogen-bond acceptors (Lipinski definition) is 3. The summed E-state index contributed by atoms with van der Waals surface area (Å²) in [6.07, 6.45) is 3.54. The van der Waals surface area contributed by atoms with E-state index in [0.29, 0.717) is 45.5 Å². The molecule has 0 N–H and O–H groups in total. The minimum Gasteiger partial charge on any atom is -0.457 e. The van der Waals surface area contributed by atoms with Crippen LogP contribution in [-0.4, -0.2) is 0 Å². The molecule has 424 valence electrons. The zero-order valence-corrected chi connectivity index (χ0v) is 48.2. The summed E-state index contributed by atoms with van der Waals surface area (Å²) < 4.78 is 80.0. The molecule has 0 heterocycles. The van der Waals surface area contributed by atoms with E-state index in [0.717, 1.165) is 84.6 Å². The number of ether oxygens (including phenoxy) is 2. The van der Waals surface area contributed by atoms with Gasteiger partial charge in [0.1, 0.15) is 23.0 Å². The van der Waals surface area contributed by atoms with Crippen molar-refractivity contribution in [3.63, 3.8) is 0 Å². The fraction of sp³-hybridized carbons (Fsp3) is 0.0617. The van der Waals surface area contributed by atoms with E-state index < -0.39 is 39.5 Å². The van der Waals surface area contributed by atoms with Crippen molar-refractivity contribution in [2.24, 2.45) is 0 Å². The van der Waals surface area contributed by atoms with Crippen LogP contribution in [0.15, 0.2) is 274 Å². The molecule has 0 amide bonds. The van der Waals surface area contributed by atoms with Gasteiger partial charge in [-0.1, -0.05) is 203 Å². The maximum absolute atomic E-state index is 17.4. The highest BCUT2D eigenvalue weighted by Gasteiger charge is 2.50. The van der Waals surface area contributed by atoms with E-state index in [-0.39, 0.29) is 11.1 Å². The van der Waals surface area contributed by atoms with Gasteiger partial charge in [-0.15, -0.1) is 0 Å². The lowest BCUT2D eigenvalue weighted by molar-refractivity contribution is 0.480. The molecule has 7 heteroatoms. The average molecular weight is 1150 g/mol. The number of halogens is 4.